The van der Waals surface area contributed by atoms with E-state index in [1.165, 1.54) is 38.6 Å². The molecule has 0 amide bonds. The maximum atomic E-state index is 4.09. The van der Waals surface area contributed by atoms with Gasteiger partial charge in [-0.05, 0) is 42.0 Å². The first-order chi connectivity index (χ1) is 11.8. The molecule has 24 heavy (non-hydrogen) atoms. The van der Waals surface area contributed by atoms with Crippen LogP contribution in [0.5, 0.6) is 0 Å². The van der Waals surface area contributed by atoms with Crippen molar-refractivity contribution in [2.24, 2.45) is 0 Å². The number of benzene rings is 3. The minimum absolute atomic E-state index is 1.17. The first-order valence-corrected chi connectivity index (χ1v) is 8.22. The smallest absolute Gasteiger partial charge is 0.0547 e. The molecule has 116 valence electrons. The molecule has 0 bridgehead atoms. The van der Waals surface area contributed by atoms with E-state index in [2.05, 4.69) is 90.9 Å². The summed E-state index contributed by atoms with van der Waals surface area (Å²) < 4.78 is 2.32. The lowest BCUT2D eigenvalue weighted by Gasteiger charge is -2.09. The molecule has 0 aliphatic rings. The van der Waals surface area contributed by atoms with E-state index in [1.807, 2.05) is 12.1 Å². The fourth-order valence-electron chi connectivity index (χ4n) is 3.49. The lowest BCUT2D eigenvalue weighted by Crippen LogP contribution is -1.96. The van der Waals surface area contributed by atoms with Gasteiger partial charge in [-0.1, -0.05) is 67.3 Å². The third-order valence-electron chi connectivity index (χ3n) is 4.48. The fraction of sp³-hybridized carbons (Fsp3) is 0.0435. The molecule has 0 aliphatic carbocycles. The van der Waals surface area contributed by atoms with Crippen molar-refractivity contribution in [1.29, 1.82) is 0 Å². The molecule has 0 radical (unpaired) electrons. The van der Waals surface area contributed by atoms with Crippen LogP contribution in [0.4, 0.5) is 0 Å². The van der Waals surface area contributed by atoms with Crippen molar-refractivity contribution in [2.45, 2.75) is 6.92 Å². The highest BCUT2D eigenvalue weighted by atomic mass is 15.0. The van der Waals surface area contributed by atoms with Crippen LogP contribution in [0.1, 0.15) is 18.2 Å². The zero-order valence-electron chi connectivity index (χ0n) is 13.7. The summed E-state index contributed by atoms with van der Waals surface area (Å²) in [7, 11) is 0. The Labute approximate surface area is 142 Å². The zero-order valence-corrected chi connectivity index (χ0v) is 13.7. The van der Waals surface area contributed by atoms with Crippen molar-refractivity contribution in [3.05, 3.63) is 90.6 Å². The molecule has 1 heterocycles. The van der Waals surface area contributed by atoms with E-state index >= 15 is 0 Å². The minimum Gasteiger partial charge on any atom is -0.309 e. The van der Waals surface area contributed by atoms with Crippen LogP contribution in [0.2, 0.25) is 0 Å². The van der Waals surface area contributed by atoms with Gasteiger partial charge in [-0.3, -0.25) is 0 Å². The maximum absolute atomic E-state index is 4.09. The first kappa shape index (κ1) is 14.5. The van der Waals surface area contributed by atoms with Gasteiger partial charge in [0.2, 0.25) is 0 Å². The van der Waals surface area contributed by atoms with Gasteiger partial charge in [0.25, 0.3) is 0 Å². The van der Waals surface area contributed by atoms with Gasteiger partial charge in [0, 0.05) is 16.6 Å². The second-order valence-corrected chi connectivity index (χ2v) is 5.85. The molecule has 0 atom stereocenters. The summed E-state index contributed by atoms with van der Waals surface area (Å²) in [6.07, 6.45) is 6.23. The van der Waals surface area contributed by atoms with Gasteiger partial charge >= 0.3 is 0 Å². The number of nitrogens with zero attached hydrogens (tertiary/aromatic N) is 1. The normalized spacial score (nSPS) is 11.5. The lowest BCUT2D eigenvalue weighted by molar-refractivity contribution is 1.10. The monoisotopic (exact) mass is 309 g/mol. The number of fused-ring (bicyclic) bond motifs is 3. The number of allylic oxidation sites excluding steroid dienone is 1. The second-order valence-electron chi connectivity index (χ2n) is 5.85. The van der Waals surface area contributed by atoms with Gasteiger partial charge in [0.15, 0.2) is 0 Å². The summed E-state index contributed by atoms with van der Waals surface area (Å²) in [5, 5.41) is 3.79. The maximum Gasteiger partial charge on any atom is 0.0547 e. The standard InChI is InChI=1S/C23H19N/c1-3-10-21-19(4-2)23-20-14-9-8-11-17(20)15-16-22(23)24(21)18-12-6-5-7-13-18/h3-16H,2H2,1H3/b10-3-. The Bertz CT molecular complexity index is 1070. The van der Waals surface area contributed by atoms with Crippen molar-refractivity contribution >= 4 is 33.8 Å². The Morgan fingerprint density at radius 3 is 2.38 bits per heavy atom. The van der Waals surface area contributed by atoms with E-state index in [4.69, 9.17) is 0 Å². The summed E-state index contributed by atoms with van der Waals surface area (Å²) in [6, 6.07) is 23.5. The number of hydrogen-bond donors (Lipinski definition) is 0. The van der Waals surface area contributed by atoms with Crippen LogP contribution in [0, 0.1) is 0 Å². The predicted octanol–water partition coefficient (Wildman–Crippen LogP) is 6.46. The predicted molar refractivity (Wildman–Crippen MR) is 106 cm³/mol. The van der Waals surface area contributed by atoms with E-state index in [9.17, 15) is 0 Å². The number of hydrogen-bond acceptors (Lipinski definition) is 0. The van der Waals surface area contributed by atoms with E-state index in [1.54, 1.807) is 0 Å². The molecule has 0 N–H and O–H groups in total. The molecule has 0 saturated carbocycles. The van der Waals surface area contributed by atoms with Crippen molar-refractivity contribution in [1.82, 2.24) is 4.57 Å². The average molecular weight is 309 g/mol. The number of para-hydroxylation sites is 1. The molecule has 0 fully saturated rings. The molecule has 1 nitrogen and oxygen atoms in total. The van der Waals surface area contributed by atoms with Crippen molar-refractivity contribution in [3.63, 3.8) is 0 Å². The molecule has 0 aliphatic heterocycles. The van der Waals surface area contributed by atoms with Crippen molar-refractivity contribution in [3.8, 4) is 5.69 Å². The summed E-state index contributed by atoms with van der Waals surface area (Å²) in [4.78, 5) is 0. The van der Waals surface area contributed by atoms with E-state index < -0.39 is 0 Å². The number of aromatic nitrogens is 1. The zero-order chi connectivity index (χ0) is 16.5. The van der Waals surface area contributed by atoms with Gasteiger partial charge in [-0.25, -0.2) is 0 Å². The minimum atomic E-state index is 1.17. The van der Waals surface area contributed by atoms with Crippen LogP contribution in [-0.2, 0) is 0 Å². The van der Waals surface area contributed by atoms with Crippen molar-refractivity contribution < 1.29 is 0 Å². The molecule has 0 saturated heterocycles. The van der Waals surface area contributed by atoms with Crippen LogP contribution in [0.15, 0.2) is 79.4 Å². The van der Waals surface area contributed by atoms with Crippen LogP contribution >= 0.6 is 0 Å². The Kier molecular flexibility index (Phi) is 3.55. The van der Waals surface area contributed by atoms with Gasteiger partial charge in [-0.15, -0.1) is 0 Å². The molecule has 0 spiro atoms. The lowest BCUT2D eigenvalue weighted by atomic mass is 10.0. The van der Waals surface area contributed by atoms with Gasteiger partial charge in [0.05, 0.1) is 11.2 Å². The molecule has 1 heteroatoms. The third kappa shape index (κ3) is 2.10. The summed E-state index contributed by atoms with van der Waals surface area (Å²) >= 11 is 0. The Morgan fingerprint density at radius 1 is 0.875 bits per heavy atom. The molecule has 0 unspecified atom stereocenters. The number of rotatable bonds is 3. The summed E-state index contributed by atoms with van der Waals surface area (Å²) in [5.41, 5.74) is 4.73. The van der Waals surface area contributed by atoms with E-state index in [0.717, 1.165) is 0 Å². The average Bonchev–Trinajstić information content (AvgIpc) is 2.96. The Hall–Kier alpha value is -3.06. The molecule has 1 aromatic heterocycles. The Morgan fingerprint density at radius 2 is 1.62 bits per heavy atom. The summed E-state index contributed by atoms with van der Waals surface area (Å²) in [5.74, 6) is 0. The van der Waals surface area contributed by atoms with Crippen LogP contribution in [-0.4, -0.2) is 4.57 Å². The molecule has 4 aromatic rings. The quantitative estimate of drug-likeness (QED) is 0.409. The largest absolute Gasteiger partial charge is 0.309 e. The third-order valence-corrected chi connectivity index (χ3v) is 4.48. The highest BCUT2D eigenvalue weighted by Gasteiger charge is 2.16. The molecular weight excluding hydrogens is 290 g/mol. The fourth-order valence-corrected chi connectivity index (χ4v) is 3.49. The summed E-state index contributed by atoms with van der Waals surface area (Å²) in [6.45, 7) is 6.14. The van der Waals surface area contributed by atoms with Crippen LogP contribution < -0.4 is 0 Å². The second kappa shape index (κ2) is 5.86. The van der Waals surface area contributed by atoms with Crippen LogP contribution in [0.25, 0.3) is 39.5 Å². The first-order valence-electron chi connectivity index (χ1n) is 8.22. The molecule has 3 aromatic carbocycles. The van der Waals surface area contributed by atoms with E-state index in [-0.39, 0.29) is 0 Å². The SMILES string of the molecule is C=Cc1c(/C=C\C)n(-c2ccccc2)c2ccc3ccccc3c12. The van der Waals surface area contributed by atoms with Gasteiger partial charge in [0.1, 0.15) is 0 Å². The highest BCUT2D eigenvalue weighted by molar-refractivity contribution is 6.12. The van der Waals surface area contributed by atoms with Crippen molar-refractivity contribution in [2.75, 3.05) is 0 Å². The van der Waals surface area contributed by atoms with Gasteiger partial charge < -0.3 is 4.57 Å². The molecular formula is C23H19N. The van der Waals surface area contributed by atoms with Gasteiger partial charge in [-0.2, -0.15) is 0 Å². The Balaban J connectivity index is 2.24. The highest BCUT2D eigenvalue weighted by Crippen LogP contribution is 2.36. The topological polar surface area (TPSA) is 4.93 Å². The van der Waals surface area contributed by atoms with Crippen LogP contribution in [0.3, 0.4) is 0 Å². The molecule has 4 rings (SSSR count). The van der Waals surface area contributed by atoms with E-state index in [0.29, 0.717) is 0 Å².